The molecule has 2 rings (SSSR count). The van der Waals surface area contributed by atoms with Gasteiger partial charge in [-0.2, -0.15) is 4.98 Å². The molecular formula is C8H10N4O2. The molecule has 2 aromatic rings. The highest BCUT2D eigenvalue weighted by Gasteiger charge is 2.05. The number of nitrogens with zero attached hydrogens (tertiary/aromatic N) is 4. The minimum atomic E-state index is 0.344. The molecule has 0 saturated carbocycles. The molecule has 6 heteroatoms. The molecule has 0 amide bonds. The molecule has 0 aliphatic heterocycles. The van der Waals surface area contributed by atoms with Gasteiger partial charge in [-0.05, 0) is 0 Å². The summed E-state index contributed by atoms with van der Waals surface area (Å²) >= 11 is 0. The van der Waals surface area contributed by atoms with Gasteiger partial charge in [0, 0.05) is 19.5 Å². The summed E-state index contributed by atoms with van der Waals surface area (Å²) in [5.41, 5.74) is 0. The van der Waals surface area contributed by atoms with E-state index in [2.05, 4.69) is 15.1 Å². The molecule has 14 heavy (non-hydrogen) atoms. The topological polar surface area (TPSA) is 66.0 Å². The van der Waals surface area contributed by atoms with Gasteiger partial charge < -0.3 is 13.8 Å². The first-order valence-corrected chi connectivity index (χ1v) is 4.14. The summed E-state index contributed by atoms with van der Waals surface area (Å²) in [4.78, 5) is 8.04. The van der Waals surface area contributed by atoms with Gasteiger partial charge in [0.1, 0.15) is 6.61 Å². The first-order chi connectivity index (χ1) is 6.88. The summed E-state index contributed by atoms with van der Waals surface area (Å²) in [6, 6.07) is 0. The van der Waals surface area contributed by atoms with Crippen molar-refractivity contribution in [2.24, 2.45) is 0 Å². The van der Waals surface area contributed by atoms with Crippen LogP contribution in [0.4, 0.5) is 0 Å². The number of imidazole rings is 1. The lowest BCUT2D eigenvalue weighted by molar-refractivity contribution is 0.151. The van der Waals surface area contributed by atoms with Gasteiger partial charge in [-0.25, -0.2) is 4.98 Å². The van der Waals surface area contributed by atoms with Gasteiger partial charge in [0.25, 0.3) is 5.89 Å². The SMILES string of the molecule is COCc1nc(Cn2ccnc2)no1. The number of ether oxygens (including phenoxy) is 1. The summed E-state index contributed by atoms with van der Waals surface area (Å²) in [6.45, 7) is 0.907. The smallest absolute Gasteiger partial charge is 0.252 e. The van der Waals surface area contributed by atoms with E-state index in [1.54, 1.807) is 19.6 Å². The number of methoxy groups -OCH3 is 1. The molecule has 0 N–H and O–H groups in total. The zero-order valence-corrected chi connectivity index (χ0v) is 7.75. The molecule has 0 radical (unpaired) electrons. The van der Waals surface area contributed by atoms with Crippen molar-refractivity contribution in [2.45, 2.75) is 13.2 Å². The van der Waals surface area contributed by atoms with Gasteiger partial charge in [0.15, 0.2) is 5.82 Å². The summed E-state index contributed by atoms with van der Waals surface area (Å²) < 4.78 is 11.7. The van der Waals surface area contributed by atoms with Crippen molar-refractivity contribution in [2.75, 3.05) is 7.11 Å². The maximum Gasteiger partial charge on any atom is 0.252 e. The lowest BCUT2D eigenvalue weighted by Gasteiger charge is -1.93. The average molecular weight is 194 g/mol. The van der Waals surface area contributed by atoms with Crippen LogP contribution in [0.3, 0.4) is 0 Å². The van der Waals surface area contributed by atoms with E-state index in [9.17, 15) is 0 Å². The van der Waals surface area contributed by atoms with Gasteiger partial charge in [0.2, 0.25) is 0 Å². The zero-order valence-electron chi connectivity index (χ0n) is 7.75. The lowest BCUT2D eigenvalue weighted by atomic mass is 10.6. The molecule has 6 nitrogen and oxygen atoms in total. The van der Waals surface area contributed by atoms with Crippen LogP contribution in [0.5, 0.6) is 0 Å². The Kier molecular flexibility index (Phi) is 2.55. The predicted molar refractivity (Wildman–Crippen MR) is 46.3 cm³/mol. The molecule has 0 aromatic carbocycles. The van der Waals surface area contributed by atoms with E-state index in [0.29, 0.717) is 24.9 Å². The fraction of sp³-hybridized carbons (Fsp3) is 0.375. The first kappa shape index (κ1) is 8.89. The molecule has 0 unspecified atom stereocenters. The summed E-state index contributed by atoms with van der Waals surface area (Å²) in [5.74, 6) is 1.11. The quantitative estimate of drug-likeness (QED) is 0.707. The molecule has 0 spiro atoms. The van der Waals surface area contributed by atoms with Crippen molar-refractivity contribution in [3.8, 4) is 0 Å². The monoisotopic (exact) mass is 194 g/mol. The van der Waals surface area contributed by atoms with Crippen molar-refractivity contribution in [3.05, 3.63) is 30.4 Å². The Balaban J connectivity index is 2.03. The van der Waals surface area contributed by atoms with Crippen molar-refractivity contribution in [1.82, 2.24) is 19.7 Å². The number of rotatable bonds is 4. The Morgan fingerprint density at radius 2 is 2.50 bits per heavy atom. The zero-order chi connectivity index (χ0) is 9.80. The third-order valence-corrected chi connectivity index (χ3v) is 1.66. The van der Waals surface area contributed by atoms with E-state index in [1.807, 2.05) is 10.8 Å². The van der Waals surface area contributed by atoms with Crippen LogP contribution in [-0.2, 0) is 17.9 Å². The highest BCUT2D eigenvalue weighted by Crippen LogP contribution is 2.00. The minimum Gasteiger partial charge on any atom is -0.375 e. The molecule has 2 aromatic heterocycles. The molecule has 0 atom stereocenters. The van der Waals surface area contributed by atoms with E-state index in [-0.39, 0.29) is 0 Å². The van der Waals surface area contributed by atoms with Crippen LogP contribution < -0.4 is 0 Å². The van der Waals surface area contributed by atoms with E-state index in [4.69, 9.17) is 9.26 Å². The van der Waals surface area contributed by atoms with E-state index < -0.39 is 0 Å². The summed E-state index contributed by atoms with van der Waals surface area (Å²) in [5, 5.41) is 3.79. The molecule has 0 saturated heterocycles. The average Bonchev–Trinajstić information content (AvgIpc) is 2.79. The molecule has 0 aliphatic rings. The Bertz CT molecular complexity index is 382. The molecule has 0 fully saturated rings. The van der Waals surface area contributed by atoms with Crippen LogP contribution >= 0.6 is 0 Å². The van der Waals surface area contributed by atoms with Gasteiger partial charge in [-0.1, -0.05) is 5.16 Å². The largest absolute Gasteiger partial charge is 0.375 e. The maximum atomic E-state index is 4.93. The second-order valence-corrected chi connectivity index (χ2v) is 2.77. The fourth-order valence-electron chi connectivity index (χ4n) is 1.08. The number of aromatic nitrogens is 4. The maximum absolute atomic E-state index is 4.93. The number of hydrogen-bond donors (Lipinski definition) is 0. The second-order valence-electron chi connectivity index (χ2n) is 2.77. The Morgan fingerprint density at radius 3 is 3.21 bits per heavy atom. The van der Waals surface area contributed by atoms with Crippen LogP contribution in [0.25, 0.3) is 0 Å². The highest BCUT2D eigenvalue weighted by molar-refractivity contribution is 4.88. The summed E-state index contributed by atoms with van der Waals surface area (Å²) in [6.07, 6.45) is 5.24. The second kappa shape index (κ2) is 4.01. The normalized spacial score (nSPS) is 10.6. The fourth-order valence-corrected chi connectivity index (χ4v) is 1.08. The molecular weight excluding hydrogens is 184 g/mol. The third-order valence-electron chi connectivity index (χ3n) is 1.66. The summed E-state index contributed by atoms with van der Waals surface area (Å²) in [7, 11) is 1.58. The lowest BCUT2D eigenvalue weighted by Crippen LogP contribution is -1.98. The van der Waals surface area contributed by atoms with Crippen molar-refractivity contribution in [1.29, 1.82) is 0 Å². The highest BCUT2D eigenvalue weighted by atomic mass is 16.5. The van der Waals surface area contributed by atoms with E-state index >= 15 is 0 Å². The standard InChI is InChI=1S/C8H10N4O2/c1-13-5-8-10-7(11-14-8)4-12-3-2-9-6-12/h2-3,6H,4-5H2,1H3. The van der Waals surface area contributed by atoms with Crippen LogP contribution in [0.15, 0.2) is 23.2 Å². The van der Waals surface area contributed by atoms with Gasteiger partial charge in [-0.15, -0.1) is 0 Å². The third kappa shape index (κ3) is 1.97. The van der Waals surface area contributed by atoms with Crippen LogP contribution in [0.2, 0.25) is 0 Å². The molecule has 74 valence electrons. The number of hydrogen-bond acceptors (Lipinski definition) is 5. The predicted octanol–water partition coefficient (Wildman–Crippen LogP) is 0.461. The van der Waals surface area contributed by atoms with Crippen molar-refractivity contribution in [3.63, 3.8) is 0 Å². The van der Waals surface area contributed by atoms with E-state index in [0.717, 1.165) is 0 Å². The first-order valence-electron chi connectivity index (χ1n) is 4.14. The van der Waals surface area contributed by atoms with Gasteiger partial charge in [-0.3, -0.25) is 0 Å². The Labute approximate surface area is 80.5 Å². The van der Waals surface area contributed by atoms with Gasteiger partial charge in [0.05, 0.1) is 12.9 Å². The van der Waals surface area contributed by atoms with Crippen molar-refractivity contribution >= 4 is 0 Å². The Hall–Kier alpha value is -1.69. The molecule has 0 aliphatic carbocycles. The van der Waals surface area contributed by atoms with Crippen molar-refractivity contribution < 1.29 is 9.26 Å². The van der Waals surface area contributed by atoms with Gasteiger partial charge >= 0.3 is 0 Å². The van der Waals surface area contributed by atoms with E-state index in [1.165, 1.54) is 0 Å². The minimum absolute atomic E-state index is 0.344. The van der Waals surface area contributed by atoms with Crippen LogP contribution in [0, 0.1) is 0 Å². The Morgan fingerprint density at radius 1 is 1.57 bits per heavy atom. The van der Waals surface area contributed by atoms with Crippen LogP contribution in [0.1, 0.15) is 11.7 Å². The molecule has 2 heterocycles. The molecule has 0 bridgehead atoms. The van der Waals surface area contributed by atoms with Crippen LogP contribution in [-0.4, -0.2) is 26.8 Å².